The van der Waals surface area contributed by atoms with Gasteiger partial charge in [-0.1, -0.05) is 12.1 Å². The average molecular weight is 446 g/mol. The van der Waals surface area contributed by atoms with Gasteiger partial charge in [0.1, 0.15) is 11.5 Å². The first-order chi connectivity index (χ1) is 15.7. The average Bonchev–Trinajstić information content (AvgIpc) is 3.15. The number of nitro groups is 1. The summed E-state index contributed by atoms with van der Waals surface area (Å²) < 4.78 is 1.49. The maximum absolute atomic E-state index is 13.0. The number of rotatable bonds is 5. The summed E-state index contributed by atoms with van der Waals surface area (Å²) in [5.74, 6) is -0.225. The molecule has 4 rings (SSSR count). The minimum absolute atomic E-state index is 0.0408. The lowest BCUT2D eigenvalue weighted by Gasteiger charge is -2.24. The molecule has 168 valence electrons. The first-order valence-corrected chi connectivity index (χ1v) is 10.3. The molecule has 0 saturated heterocycles. The van der Waals surface area contributed by atoms with Gasteiger partial charge in [0.25, 0.3) is 11.6 Å². The molecule has 0 saturated carbocycles. The topological polar surface area (TPSA) is 123 Å². The van der Waals surface area contributed by atoms with Crippen LogP contribution in [-0.4, -0.2) is 32.2 Å². The van der Waals surface area contributed by atoms with Crippen molar-refractivity contribution in [1.29, 1.82) is 0 Å². The van der Waals surface area contributed by atoms with Crippen LogP contribution in [-0.2, 0) is 9.59 Å². The number of nitrogens with one attached hydrogen (secondary N) is 1. The van der Waals surface area contributed by atoms with Crippen molar-refractivity contribution in [3.05, 3.63) is 75.5 Å². The van der Waals surface area contributed by atoms with Gasteiger partial charge < -0.3 is 5.32 Å². The second kappa shape index (κ2) is 8.65. The van der Waals surface area contributed by atoms with Gasteiger partial charge in [-0.05, 0) is 50.1 Å². The van der Waals surface area contributed by atoms with Gasteiger partial charge in [-0.3, -0.25) is 19.7 Å². The van der Waals surface area contributed by atoms with Crippen molar-refractivity contribution in [1.82, 2.24) is 9.78 Å². The molecule has 0 radical (unpaired) electrons. The number of nitrogens with zero attached hydrogens (tertiary/aromatic N) is 5. The van der Waals surface area contributed by atoms with Crippen LogP contribution >= 0.6 is 0 Å². The molecule has 10 heteroatoms. The third-order valence-electron chi connectivity index (χ3n) is 5.27. The lowest BCUT2D eigenvalue weighted by Crippen LogP contribution is -2.37. The van der Waals surface area contributed by atoms with E-state index in [2.05, 4.69) is 15.5 Å². The summed E-state index contributed by atoms with van der Waals surface area (Å²) in [7, 11) is 0. The molecular weight excluding hydrogens is 424 g/mol. The van der Waals surface area contributed by atoms with E-state index in [-0.39, 0.29) is 30.1 Å². The summed E-state index contributed by atoms with van der Waals surface area (Å²) in [4.78, 5) is 36.0. The highest BCUT2D eigenvalue weighted by atomic mass is 16.6. The molecule has 0 atom stereocenters. The van der Waals surface area contributed by atoms with Crippen molar-refractivity contribution in [2.75, 3.05) is 10.3 Å². The van der Waals surface area contributed by atoms with E-state index >= 15 is 0 Å². The standard InChI is InChI=1S/C23H22N6O4/c1-14-4-5-15(2)20(12-14)28-22(30)11-10-19(26-28)23(31)24-21-13-16(3)25-27(21)17-6-8-18(9-7-17)29(32)33/h4-9,12-13H,10-11H2,1-3H3,(H,24,31). The van der Waals surface area contributed by atoms with Crippen LogP contribution in [0.1, 0.15) is 29.7 Å². The quantitative estimate of drug-likeness (QED) is 0.471. The Labute approximate surface area is 189 Å². The number of aromatic nitrogens is 2. The molecule has 3 aromatic rings. The highest BCUT2D eigenvalue weighted by Gasteiger charge is 2.27. The van der Waals surface area contributed by atoms with Crippen molar-refractivity contribution in [3.8, 4) is 5.69 Å². The zero-order valence-corrected chi connectivity index (χ0v) is 18.4. The van der Waals surface area contributed by atoms with Gasteiger partial charge >= 0.3 is 0 Å². The lowest BCUT2D eigenvalue weighted by molar-refractivity contribution is -0.384. The molecule has 2 heterocycles. The van der Waals surface area contributed by atoms with E-state index in [4.69, 9.17) is 0 Å². The van der Waals surface area contributed by atoms with Crippen LogP contribution in [0.25, 0.3) is 5.69 Å². The van der Waals surface area contributed by atoms with E-state index in [1.807, 2.05) is 32.0 Å². The Morgan fingerprint density at radius 3 is 2.48 bits per heavy atom. The predicted octanol–water partition coefficient (Wildman–Crippen LogP) is 3.83. The third kappa shape index (κ3) is 4.49. The zero-order chi connectivity index (χ0) is 23.7. The van der Waals surface area contributed by atoms with Gasteiger partial charge in [0, 0.05) is 31.0 Å². The maximum Gasteiger partial charge on any atom is 0.273 e. The Hall–Kier alpha value is -4.34. The Balaban J connectivity index is 1.61. The Morgan fingerprint density at radius 2 is 1.79 bits per heavy atom. The molecule has 1 aromatic heterocycles. The lowest BCUT2D eigenvalue weighted by atomic mass is 10.1. The fraction of sp³-hybridized carbons (Fsp3) is 0.217. The molecule has 0 aliphatic carbocycles. The summed E-state index contributed by atoms with van der Waals surface area (Å²) in [5, 5.41) is 23.7. The Morgan fingerprint density at radius 1 is 1.06 bits per heavy atom. The highest BCUT2D eigenvalue weighted by molar-refractivity contribution is 6.44. The summed E-state index contributed by atoms with van der Waals surface area (Å²) >= 11 is 0. The van der Waals surface area contributed by atoms with Crippen LogP contribution in [0.2, 0.25) is 0 Å². The van der Waals surface area contributed by atoms with E-state index < -0.39 is 10.8 Å². The SMILES string of the molecule is Cc1ccc(C)c(N2N=C(C(=O)Nc3cc(C)nn3-c3ccc([N+](=O)[O-])cc3)CCC2=O)c1. The molecule has 0 fully saturated rings. The van der Waals surface area contributed by atoms with Crippen LogP contribution < -0.4 is 10.3 Å². The largest absolute Gasteiger partial charge is 0.305 e. The summed E-state index contributed by atoms with van der Waals surface area (Å²) in [6.07, 6.45) is 0.386. The number of amides is 2. The molecule has 0 spiro atoms. The number of carbonyl (C=O) groups is 2. The van der Waals surface area contributed by atoms with Crippen LogP contribution in [0.4, 0.5) is 17.2 Å². The van der Waals surface area contributed by atoms with Crippen molar-refractivity contribution >= 4 is 34.7 Å². The highest BCUT2D eigenvalue weighted by Crippen LogP contribution is 2.26. The number of anilines is 2. The van der Waals surface area contributed by atoms with Gasteiger partial charge in [0.05, 0.1) is 22.0 Å². The monoisotopic (exact) mass is 446 g/mol. The fourth-order valence-corrected chi connectivity index (χ4v) is 3.54. The second-order valence-electron chi connectivity index (χ2n) is 7.85. The Bertz CT molecular complexity index is 1290. The zero-order valence-electron chi connectivity index (χ0n) is 18.4. The van der Waals surface area contributed by atoms with E-state index in [1.54, 1.807) is 25.1 Å². The number of hydrogen-bond acceptors (Lipinski definition) is 6. The van der Waals surface area contributed by atoms with Gasteiger partial charge in [0.15, 0.2) is 0 Å². The summed E-state index contributed by atoms with van der Waals surface area (Å²) in [6.45, 7) is 5.59. The van der Waals surface area contributed by atoms with Crippen molar-refractivity contribution in [2.45, 2.75) is 33.6 Å². The fourth-order valence-electron chi connectivity index (χ4n) is 3.54. The maximum atomic E-state index is 13.0. The minimum atomic E-state index is -0.481. The van der Waals surface area contributed by atoms with E-state index in [9.17, 15) is 19.7 Å². The number of benzene rings is 2. The number of hydrazone groups is 1. The molecule has 33 heavy (non-hydrogen) atoms. The first-order valence-electron chi connectivity index (χ1n) is 10.3. The summed E-state index contributed by atoms with van der Waals surface area (Å²) in [6, 6.07) is 13.3. The normalized spacial score (nSPS) is 13.6. The molecule has 2 amide bonds. The van der Waals surface area contributed by atoms with Gasteiger partial charge in [-0.25, -0.2) is 9.69 Å². The summed E-state index contributed by atoms with van der Waals surface area (Å²) in [5.41, 5.74) is 3.91. The van der Waals surface area contributed by atoms with Crippen LogP contribution in [0.3, 0.4) is 0 Å². The molecule has 10 nitrogen and oxygen atoms in total. The van der Waals surface area contributed by atoms with Gasteiger partial charge in [-0.15, -0.1) is 0 Å². The number of aryl methyl sites for hydroxylation is 3. The van der Waals surface area contributed by atoms with Crippen LogP contribution in [0.5, 0.6) is 0 Å². The predicted molar refractivity (Wildman–Crippen MR) is 124 cm³/mol. The third-order valence-corrected chi connectivity index (χ3v) is 5.27. The van der Waals surface area contributed by atoms with Crippen LogP contribution in [0.15, 0.2) is 53.6 Å². The van der Waals surface area contributed by atoms with Gasteiger partial charge in [-0.2, -0.15) is 10.2 Å². The van der Waals surface area contributed by atoms with Gasteiger partial charge in [0.2, 0.25) is 5.91 Å². The molecule has 1 aliphatic heterocycles. The van der Waals surface area contributed by atoms with E-state index in [1.165, 1.54) is 21.8 Å². The molecule has 2 aromatic carbocycles. The number of hydrogen-bond donors (Lipinski definition) is 1. The van der Waals surface area contributed by atoms with E-state index in [0.717, 1.165) is 11.1 Å². The first kappa shape index (κ1) is 21.9. The molecular formula is C23H22N6O4. The number of carbonyl (C=O) groups excluding carboxylic acids is 2. The molecule has 1 aliphatic rings. The number of non-ortho nitro benzene ring substituents is 1. The molecule has 0 unspecified atom stereocenters. The molecule has 0 bridgehead atoms. The van der Waals surface area contributed by atoms with Crippen LogP contribution in [0, 0.1) is 30.9 Å². The smallest absolute Gasteiger partial charge is 0.273 e. The van der Waals surface area contributed by atoms with Crippen molar-refractivity contribution < 1.29 is 14.5 Å². The Kier molecular flexibility index (Phi) is 5.74. The molecule has 1 N–H and O–H groups in total. The van der Waals surface area contributed by atoms with Crippen molar-refractivity contribution in [3.63, 3.8) is 0 Å². The van der Waals surface area contributed by atoms with Crippen molar-refractivity contribution in [2.24, 2.45) is 5.10 Å². The second-order valence-corrected chi connectivity index (χ2v) is 7.85. The number of nitro benzene ring substituents is 1. The van der Waals surface area contributed by atoms with E-state index in [0.29, 0.717) is 22.9 Å². The minimum Gasteiger partial charge on any atom is -0.305 e.